The second-order valence-corrected chi connectivity index (χ2v) is 8.04. The molecule has 0 bridgehead atoms. The Labute approximate surface area is 174 Å². The Kier molecular flexibility index (Phi) is 5.32. The van der Waals surface area contributed by atoms with Gasteiger partial charge in [0.05, 0.1) is 18.2 Å². The van der Waals surface area contributed by atoms with Crippen molar-refractivity contribution >= 4 is 40.0 Å². The molecule has 1 aliphatic rings. The summed E-state index contributed by atoms with van der Waals surface area (Å²) in [5.41, 5.74) is 3.70. The van der Waals surface area contributed by atoms with E-state index < -0.39 is 0 Å². The number of aromatic amines is 1. The number of methoxy groups -OCH3 is 1. The van der Waals surface area contributed by atoms with Crippen LogP contribution in [-0.2, 0) is 17.6 Å². The maximum atomic E-state index is 12.6. The van der Waals surface area contributed by atoms with Crippen LogP contribution in [-0.4, -0.2) is 34.0 Å². The van der Waals surface area contributed by atoms with E-state index in [2.05, 4.69) is 25.6 Å². The number of hydrogen-bond acceptors (Lipinski definition) is 5. The van der Waals surface area contributed by atoms with Gasteiger partial charge in [-0.3, -0.25) is 4.79 Å². The van der Waals surface area contributed by atoms with Gasteiger partial charge < -0.3 is 20.4 Å². The van der Waals surface area contributed by atoms with Crippen molar-refractivity contribution in [3.63, 3.8) is 0 Å². The lowest BCUT2D eigenvalue weighted by atomic mass is 9.86. The van der Waals surface area contributed by atoms with E-state index in [9.17, 15) is 4.79 Å². The molecule has 4 rings (SSSR count). The van der Waals surface area contributed by atoms with Gasteiger partial charge in [-0.2, -0.15) is 0 Å². The molecule has 1 aliphatic carbocycles. The highest BCUT2D eigenvalue weighted by atomic mass is 35.5. The van der Waals surface area contributed by atoms with Crippen molar-refractivity contribution in [3.8, 4) is 5.75 Å². The van der Waals surface area contributed by atoms with Gasteiger partial charge in [0.2, 0.25) is 5.91 Å². The number of anilines is 2. The summed E-state index contributed by atoms with van der Waals surface area (Å²) in [6, 6.07) is 5.51. The minimum atomic E-state index is -0.0577. The largest absolute Gasteiger partial charge is 0.495 e. The van der Waals surface area contributed by atoms with Crippen LogP contribution >= 0.6 is 11.6 Å². The van der Waals surface area contributed by atoms with Crippen molar-refractivity contribution in [2.75, 3.05) is 12.4 Å². The molecule has 0 fully saturated rings. The van der Waals surface area contributed by atoms with Gasteiger partial charge in [0.15, 0.2) is 0 Å². The molecule has 3 aromatic rings. The third kappa shape index (κ3) is 3.87. The van der Waals surface area contributed by atoms with Crippen molar-refractivity contribution in [1.82, 2.24) is 20.3 Å². The fourth-order valence-corrected chi connectivity index (χ4v) is 4.04. The predicted octanol–water partition coefficient (Wildman–Crippen LogP) is 3.99. The number of ether oxygens (including phenoxy) is 1. The molecule has 1 amide bonds. The lowest BCUT2D eigenvalue weighted by molar-refractivity contribution is -0.125. The number of aromatic nitrogens is 3. The summed E-state index contributed by atoms with van der Waals surface area (Å²) in [7, 11) is 1.61. The summed E-state index contributed by atoms with van der Waals surface area (Å²) in [5, 5.41) is 7.88. The molecule has 0 aliphatic heterocycles. The highest BCUT2D eigenvalue weighted by Crippen LogP contribution is 2.37. The average Bonchev–Trinajstić information content (AvgIpc) is 3.06. The number of rotatable bonds is 5. The fraction of sp³-hybridized carbons (Fsp3) is 0.381. The molecule has 0 spiro atoms. The van der Waals surface area contributed by atoms with Gasteiger partial charge in [-0.05, 0) is 56.9 Å². The van der Waals surface area contributed by atoms with Crippen LogP contribution in [0.5, 0.6) is 5.75 Å². The van der Waals surface area contributed by atoms with Crippen molar-refractivity contribution in [2.45, 2.75) is 39.2 Å². The molecule has 1 unspecified atom stereocenters. The van der Waals surface area contributed by atoms with E-state index >= 15 is 0 Å². The van der Waals surface area contributed by atoms with Crippen LogP contribution in [0.3, 0.4) is 0 Å². The Morgan fingerprint density at radius 2 is 2.17 bits per heavy atom. The third-order valence-corrected chi connectivity index (χ3v) is 5.43. The first kappa shape index (κ1) is 19.5. The van der Waals surface area contributed by atoms with Crippen molar-refractivity contribution in [3.05, 3.63) is 40.8 Å². The van der Waals surface area contributed by atoms with Gasteiger partial charge in [0.25, 0.3) is 0 Å². The molecular formula is C21H24ClN5O2. The van der Waals surface area contributed by atoms with E-state index in [0.717, 1.165) is 40.8 Å². The lowest BCUT2D eigenvalue weighted by Crippen LogP contribution is -2.37. The molecule has 29 heavy (non-hydrogen) atoms. The number of benzene rings is 1. The summed E-state index contributed by atoms with van der Waals surface area (Å²) >= 11 is 6.17. The lowest BCUT2D eigenvalue weighted by Gasteiger charge is -2.23. The zero-order valence-electron chi connectivity index (χ0n) is 16.7. The Balaban J connectivity index is 1.72. The zero-order chi connectivity index (χ0) is 20.5. The van der Waals surface area contributed by atoms with Gasteiger partial charge in [0, 0.05) is 22.7 Å². The number of H-pyrrole nitrogens is 1. The number of carbonyl (C=O) groups excluding carboxylic acids is 1. The van der Waals surface area contributed by atoms with E-state index in [-0.39, 0.29) is 17.9 Å². The van der Waals surface area contributed by atoms with Crippen LogP contribution in [0, 0.1) is 5.92 Å². The van der Waals surface area contributed by atoms with Crippen molar-refractivity contribution < 1.29 is 9.53 Å². The Hall–Kier alpha value is -2.80. The number of fused-ring (bicyclic) bond motifs is 3. The average molecular weight is 414 g/mol. The van der Waals surface area contributed by atoms with E-state index in [4.69, 9.17) is 16.3 Å². The monoisotopic (exact) mass is 413 g/mol. The number of carbonyl (C=O) groups is 1. The predicted molar refractivity (Wildman–Crippen MR) is 114 cm³/mol. The highest BCUT2D eigenvalue weighted by molar-refractivity contribution is 6.31. The molecule has 1 aromatic carbocycles. The quantitative estimate of drug-likeness (QED) is 0.588. The van der Waals surface area contributed by atoms with Gasteiger partial charge in [-0.1, -0.05) is 11.6 Å². The fourth-order valence-electron chi connectivity index (χ4n) is 3.87. The smallest absolute Gasteiger partial charge is 0.223 e. The number of nitrogens with one attached hydrogen (secondary N) is 3. The molecule has 152 valence electrons. The summed E-state index contributed by atoms with van der Waals surface area (Å²) in [5.74, 6) is 1.37. The third-order valence-electron chi connectivity index (χ3n) is 5.19. The van der Waals surface area contributed by atoms with E-state index in [1.165, 1.54) is 6.33 Å². The first-order valence-electron chi connectivity index (χ1n) is 9.71. The van der Waals surface area contributed by atoms with Gasteiger partial charge in [-0.15, -0.1) is 0 Å². The molecule has 0 saturated heterocycles. The van der Waals surface area contributed by atoms with Gasteiger partial charge >= 0.3 is 0 Å². The van der Waals surface area contributed by atoms with Crippen LogP contribution in [0.25, 0.3) is 11.0 Å². The number of hydrogen-bond donors (Lipinski definition) is 3. The van der Waals surface area contributed by atoms with E-state index in [0.29, 0.717) is 23.0 Å². The molecule has 2 heterocycles. The molecule has 3 N–H and O–H groups in total. The van der Waals surface area contributed by atoms with Crippen molar-refractivity contribution in [1.29, 1.82) is 0 Å². The van der Waals surface area contributed by atoms with Crippen LogP contribution in [0.15, 0.2) is 24.5 Å². The molecule has 8 heteroatoms. The summed E-state index contributed by atoms with van der Waals surface area (Å²) in [6.07, 6.45) is 3.80. The summed E-state index contributed by atoms with van der Waals surface area (Å²) in [4.78, 5) is 24.8. The van der Waals surface area contributed by atoms with Gasteiger partial charge in [0.1, 0.15) is 23.5 Å². The molecule has 1 atom stereocenters. The van der Waals surface area contributed by atoms with E-state index in [1.807, 2.05) is 19.9 Å². The number of aryl methyl sites for hydroxylation is 1. The second-order valence-electron chi connectivity index (χ2n) is 7.60. The summed E-state index contributed by atoms with van der Waals surface area (Å²) in [6.45, 7) is 3.96. The Morgan fingerprint density at radius 1 is 1.34 bits per heavy atom. The van der Waals surface area contributed by atoms with Crippen LogP contribution in [0.2, 0.25) is 5.02 Å². The molecule has 0 saturated carbocycles. The maximum Gasteiger partial charge on any atom is 0.223 e. The topological polar surface area (TPSA) is 91.9 Å². The van der Waals surface area contributed by atoms with Crippen LogP contribution in [0.4, 0.5) is 11.5 Å². The first-order chi connectivity index (χ1) is 14.0. The zero-order valence-corrected chi connectivity index (χ0v) is 17.4. The molecule has 0 radical (unpaired) electrons. The first-order valence-corrected chi connectivity index (χ1v) is 10.1. The molecular weight excluding hydrogens is 390 g/mol. The minimum Gasteiger partial charge on any atom is -0.495 e. The van der Waals surface area contributed by atoms with Crippen LogP contribution < -0.4 is 15.4 Å². The second kappa shape index (κ2) is 7.91. The number of amides is 1. The Bertz CT molecular complexity index is 1060. The standard InChI is InChI=1S/C21H24ClN5O2/c1-11(2)25-21(28)12-4-6-15-14(8-12)18-19(26-15)23-10-24-20(18)27-16-9-13(22)5-7-17(16)29-3/h5,7,9-12H,4,6,8H2,1-3H3,(H,25,28)(H2,23,24,26,27). The molecule has 7 nitrogen and oxygen atoms in total. The van der Waals surface area contributed by atoms with Crippen molar-refractivity contribution in [2.24, 2.45) is 5.92 Å². The summed E-state index contributed by atoms with van der Waals surface area (Å²) < 4.78 is 5.44. The maximum absolute atomic E-state index is 12.6. The Morgan fingerprint density at radius 3 is 2.93 bits per heavy atom. The minimum absolute atomic E-state index is 0.0577. The van der Waals surface area contributed by atoms with Crippen LogP contribution in [0.1, 0.15) is 31.5 Å². The highest BCUT2D eigenvalue weighted by Gasteiger charge is 2.29. The van der Waals surface area contributed by atoms with Gasteiger partial charge in [-0.25, -0.2) is 9.97 Å². The van der Waals surface area contributed by atoms with E-state index in [1.54, 1.807) is 19.2 Å². The molecule has 2 aromatic heterocycles. The SMILES string of the molecule is COc1ccc(Cl)cc1Nc1ncnc2[nH]c3c(c12)CC(C(=O)NC(C)C)CC3. The number of nitrogens with zero attached hydrogens (tertiary/aromatic N) is 2. The normalized spacial score (nSPS) is 16.0. The number of halogens is 1.